The van der Waals surface area contributed by atoms with E-state index < -0.39 is 0 Å². The van der Waals surface area contributed by atoms with Crippen LogP contribution in [0.3, 0.4) is 0 Å². The number of nitrogens with zero attached hydrogens (tertiary/aromatic N) is 2. The zero-order chi connectivity index (χ0) is 17.9. The van der Waals surface area contributed by atoms with Gasteiger partial charge < -0.3 is 14.5 Å². The summed E-state index contributed by atoms with van der Waals surface area (Å²) in [4.78, 5) is 12.3. The number of hydrogen-bond acceptors (Lipinski definition) is 5. The zero-order valence-electron chi connectivity index (χ0n) is 13.8. The number of hydrogen-bond donors (Lipinski definition) is 3. The number of aryl methyl sites for hydroxylation is 1. The third kappa shape index (κ3) is 3.34. The van der Waals surface area contributed by atoms with Gasteiger partial charge in [-0.2, -0.15) is 5.10 Å². The molecule has 0 aliphatic heterocycles. The van der Waals surface area contributed by atoms with Crippen molar-refractivity contribution in [1.29, 1.82) is 0 Å². The number of benzene rings is 1. The Bertz CT molecular complexity index is 1020. The molecule has 0 aliphatic rings. The maximum absolute atomic E-state index is 12.3. The van der Waals surface area contributed by atoms with Crippen LogP contribution in [0, 0.1) is 6.92 Å². The molecule has 8 nitrogen and oxygen atoms in total. The number of aromatic amines is 2. The van der Waals surface area contributed by atoms with Gasteiger partial charge >= 0.3 is 0 Å². The van der Waals surface area contributed by atoms with E-state index >= 15 is 0 Å². The van der Waals surface area contributed by atoms with Crippen LogP contribution in [-0.4, -0.2) is 26.3 Å². The van der Waals surface area contributed by atoms with Crippen LogP contribution < -0.4 is 10.1 Å². The fourth-order valence-electron chi connectivity index (χ4n) is 2.36. The van der Waals surface area contributed by atoms with Gasteiger partial charge in [-0.15, -0.1) is 5.10 Å². The number of aromatic nitrogens is 4. The molecule has 0 aliphatic carbocycles. The Hall–Kier alpha value is -3.81. The molecule has 130 valence electrons. The lowest BCUT2D eigenvalue weighted by atomic mass is 10.2. The van der Waals surface area contributed by atoms with E-state index in [0.717, 1.165) is 5.69 Å². The first kappa shape index (κ1) is 15.7. The quantitative estimate of drug-likeness (QED) is 0.508. The highest BCUT2D eigenvalue weighted by molar-refractivity contribution is 6.03. The van der Waals surface area contributed by atoms with Crippen molar-refractivity contribution in [2.45, 2.75) is 6.92 Å². The van der Waals surface area contributed by atoms with Crippen molar-refractivity contribution in [2.75, 3.05) is 5.32 Å². The highest BCUT2D eigenvalue weighted by Gasteiger charge is 2.13. The Labute approximate surface area is 148 Å². The standard InChI is InChI=1S/C18H15N5O3/c1-11-9-17(23-20-11)26-13-6-4-12(5-7-13)19-18(24)15-10-14(21-22-15)16-3-2-8-25-16/h2-10H,1H3,(H,19,24)(H,20,23)(H,21,22). The highest BCUT2D eigenvalue weighted by Crippen LogP contribution is 2.22. The van der Waals surface area contributed by atoms with E-state index in [2.05, 4.69) is 25.7 Å². The molecule has 0 bridgehead atoms. The second-order valence-corrected chi connectivity index (χ2v) is 5.61. The molecule has 0 saturated heterocycles. The number of amides is 1. The Morgan fingerprint density at radius 2 is 1.96 bits per heavy atom. The molecule has 8 heteroatoms. The fraction of sp³-hybridized carbons (Fsp3) is 0.0556. The van der Waals surface area contributed by atoms with Crippen molar-refractivity contribution in [3.05, 3.63) is 66.2 Å². The van der Waals surface area contributed by atoms with Gasteiger partial charge in [-0.05, 0) is 43.3 Å². The van der Waals surface area contributed by atoms with Crippen LogP contribution in [-0.2, 0) is 0 Å². The highest BCUT2D eigenvalue weighted by atomic mass is 16.5. The van der Waals surface area contributed by atoms with Crippen LogP contribution in [0.25, 0.3) is 11.5 Å². The van der Waals surface area contributed by atoms with E-state index in [0.29, 0.717) is 28.8 Å². The van der Waals surface area contributed by atoms with Crippen molar-refractivity contribution in [1.82, 2.24) is 20.4 Å². The van der Waals surface area contributed by atoms with Crippen molar-refractivity contribution >= 4 is 11.6 Å². The Kier molecular flexibility index (Phi) is 3.98. The molecule has 4 aromatic rings. The topological polar surface area (TPSA) is 109 Å². The Morgan fingerprint density at radius 1 is 1.12 bits per heavy atom. The summed E-state index contributed by atoms with van der Waals surface area (Å²) in [6.07, 6.45) is 1.56. The number of H-pyrrole nitrogens is 2. The Morgan fingerprint density at radius 3 is 2.65 bits per heavy atom. The van der Waals surface area contributed by atoms with Crippen LogP contribution in [0.15, 0.2) is 59.2 Å². The van der Waals surface area contributed by atoms with E-state index in [9.17, 15) is 4.79 Å². The minimum Gasteiger partial charge on any atom is -0.463 e. The largest absolute Gasteiger partial charge is 0.463 e. The summed E-state index contributed by atoms with van der Waals surface area (Å²) in [6, 6.07) is 14.0. The molecular weight excluding hydrogens is 334 g/mol. The van der Waals surface area contributed by atoms with Crippen molar-refractivity contribution in [3.8, 4) is 23.1 Å². The molecule has 26 heavy (non-hydrogen) atoms. The van der Waals surface area contributed by atoms with Gasteiger partial charge in [-0.25, -0.2) is 0 Å². The fourth-order valence-corrected chi connectivity index (χ4v) is 2.36. The number of anilines is 1. The second-order valence-electron chi connectivity index (χ2n) is 5.61. The predicted molar refractivity (Wildman–Crippen MR) is 94.1 cm³/mol. The zero-order valence-corrected chi connectivity index (χ0v) is 13.8. The third-order valence-electron chi connectivity index (χ3n) is 3.61. The molecule has 0 unspecified atom stereocenters. The summed E-state index contributed by atoms with van der Waals surface area (Å²) in [5.41, 5.74) is 2.45. The third-order valence-corrected chi connectivity index (χ3v) is 3.61. The summed E-state index contributed by atoms with van der Waals surface area (Å²) in [5.74, 6) is 1.40. The predicted octanol–water partition coefficient (Wildman–Crippen LogP) is 3.75. The monoisotopic (exact) mass is 349 g/mol. The first-order chi connectivity index (χ1) is 12.7. The molecule has 0 fully saturated rings. The maximum Gasteiger partial charge on any atom is 0.276 e. The number of furan rings is 1. The van der Waals surface area contributed by atoms with Gasteiger partial charge in [-0.3, -0.25) is 15.0 Å². The smallest absolute Gasteiger partial charge is 0.276 e. The number of ether oxygens (including phenoxy) is 1. The molecule has 3 heterocycles. The van der Waals surface area contributed by atoms with Crippen molar-refractivity contribution < 1.29 is 13.9 Å². The van der Waals surface area contributed by atoms with Crippen molar-refractivity contribution in [3.63, 3.8) is 0 Å². The van der Waals surface area contributed by atoms with E-state index in [1.54, 1.807) is 54.8 Å². The minimum atomic E-state index is -0.323. The summed E-state index contributed by atoms with van der Waals surface area (Å²) >= 11 is 0. The normalized spacial score (nSPS) is 10.7. The lowest BCUT2D eigenvalue weighted by molar-refractivity contribution is 0.102. The van der Waals surface area contributed by atoms with Crippen LogP contribution in [0.2, 0.25) is 0 Å². The summed E-state index contributed by atoms with van der Waals surface area (Å²) in [7, 11) is 0. The summed E-state index contributed by atoms with van der Waals surface area (Å²) in [5, 5.41) is 16.4. The maximum atomic E-state index is 12.3. The lowest BCUT2D eigenvalue weighted by Crippen LogP contribution is -2.12. The van der Waals surface area contributed by atoms with E-state index in [-0.39, 0.29) is 11.6 Å². The molecule has 1 amide bonds. The average molecular weight is 349 g/mol. The number of nitrogens with one attached hydrogen (secondary N) is 3. The lowest BCUT2D eigenvalue weighted by Gasteiger charge is -2.05. The number of carbonyl (C=O) groups is 1. The van der Waals surface area contributed by atoms with Gasteiger partial charge in [-0.1, -0.05) is 0 Å². The van der Waals surface area contributed by atoms with Crippen LogP contribution in [0.4, 0.5) is 5.69 Å². The molecule has 1 aromatic carbocycles. The summed E-state index contributed by atoms with van der Waals surface area (Å²) < 4.78 is 10.9. The first-order valence-electron chi connectivity index (χ1n) is 7.88. The minimum absolute atomic E-state index is 0.267. The van der Waals surface area contributed by atoms with Crippen molar-refractivity contribution in [2.24, 2.45) is 0 Å². The molecule has 4 rings (SSSR count). The Balaban J connectivity index is 1.41. The van der Waals surface area contributed by atoms with E-state index in [4.69, 9.17) is 9.15 Å². The molecular formula is C18H15N5O3. The van der Waals surface area contributed by atoms with Gasteiger partial charge in [0.2, 0.25) is 5.88 Å². The van der Waals surface area contributed by atoms with E-state index in [1.807, 2.05) is 6.92 Å². The first-order valence-corrected chi connectivity index (χ1v) is 7.88. The van der Waals surface area contributed by atoms with Crippen LogP contribution in [0.5, 0.6) is 11.6 Å². The van der Waals surface area contributed by atoms with Gasteiger partial charge in [0.15, 0.2) is 11.5 Å². The van der Waals surface area contributed by atoms with Crippen LogP contribution in [0.1, 0.15) is 16.2 Å². The molecule has 3 N–H and O–H groups in total. The molecule has 0 radical (unpaired) electrons. The van der Waals surface area contributed by atoms with Gasteiger partial charge in [0, 0.05) is 23.5 Å². The van der Waals surface area contributed by atoms with Gasteiger partial charge in [0.25, 0.3) is 5.91 Å². The molecule has 0 saturated carbocycles. The van der Waals surface area contributed by atoms with Gasteiger partial charge in [0.05, 0.1) is 6.26 Å². The molecule has 0 spiro atoms. The van der Waals surface area contributed by atoms with Gasteiger partial charge in [0.1, 0.15) is 11.4 Å². The number of carbonyl (C=O) groups excluding carboxylic acids is 1. The SMILES string of the molecule is Cc1cc(Oc2ccc(NC(=O)c3cc(-c4ccco4)[nH]n3)cc2)n[nH]1. The second kappa shape index (κ2) is 6.60. The molecule has 3 aromatic heterocycles. The summed E-state index contributed by atoms with van der Waals surface area (Å²) in [6.45, 7) is 1.89. The van der Waals surface area contributed by atoms with Crippen LogP contribution >= 0.6 is 0 Å². The number of rotatable bonds is 5. The molecule has 0 atom stereocenters. The van der Waals surface area contributed by atoms with E-state index in [1.165, 1.54) is 0 Å². The average Bonchev–Trinajstić information content (AvgIpc) is 3.37.